The zero-order valence-corrected chi connectivity index (χ0v) is 12.6. The highest BCUT2D eigenvalue weighted by Crippen LogP contribution is 2.18. The molecule has 6 heteroatoms. The molecule has 0 radical (unpaired) electrons. The van der Waals surface area contributed by atoms with E-state index in [1.807, 2.05) is 26.8 Å². The summed E-state index contributed by atoms with van der Waals surface area (Å²) >= 11 is 0. The lowest BCUT2D eigenvalue weighted by atomic mass is 10.0. The third-order valence-electron chi connectivity index (χ3n) is 2.68. The van der Waals surface area contributed by atoms with Crippen molar-refractivity contribution in [3.63, 3.8) is 0 Å². The number of nitrogens with one attached hydrogen (secondary N) is 2. The van der Waals surface area contributed by atoms with Crippen molar-refractivity contribution in [2.45, 2.75) is 32.4 Å². The van der Waals surface area contributed by atoms with Crippen LogP contribution >= 0.6 is 0 Å². The maximum Gasteiger partial charge on any atom is 0.209 e. The molecule has 1 unspecified atom stereocenters. The molecule has 1 aromatic carbocycles. The van der Waals surface area contributed by atoms with Crippen molar-refractivity contribution in [1.82, 2.24) is 10.0 Å². The molecule has 1 aromatic rings. The van der Waals surface area contributed by atoms with Gasteiger partial charge in [-0.25, -0.2) is 13.1 Å². The predicted octanol–water partition coefficient (Wildman–Crippen LogP) is 1.37. The van der Waals surface area contributed by atoms with Gasteiger partial charge in [-0.15, -0.1) is 0 Å². The van der Waals surface area contributed by atoms with Gasteiger partial charge in [0.2, 0.25) is 10.0 Å². The normalized spacial score (nSPS) is 14.3. The Kier molecular flexibility index (Phi) is 4.95. The Morgan fingerprint density at radius 3 is 2.53 bits per heavy atom. The van der Waals surface area contributed by atoms with Gasteiger partial charge < -0.3 is 10.4 Å². The lowest BCUT2D eigenvalue weighted by Crippen LogP contribution is -2.50. The standard InChI is InChI=1S/C13H22N2O3S/c1-10(11-6-5-7-12(16)8-11)14-9-13(2,3)15-19(4,17)18/h5-8,10,14-16H,9H2,1-4H3. The van der Waals surface area contributed by atoms with Crippen LogP contribution in [0.4, 0.5) is 0 Å². The number of benzene rings is 1. The second kappa shape index (κ2) is 5.90. The monoisotopic (exact) mass is 286 g/mol. The quantitative estimate of drug-likeness (QED) is 0.738. The Morgan fingerprint density at radius 1 is 1.37 bits per heavy atom. The first-order valence-corrected chi connectivity index (χ1v) is 7.99. The van der Waals surface area contributed by atoms with Gasteiger partial charge in [0, 0.05) is 18.1 Å². The van der Waals surface area contributed by atoms with E-state index < -0.39 is 15.6 Å². The molecule has 0 spiro atoms. The Hall–Kier alpha value is -1.11. The summed E-state index contributed by atoms with van der Waals surface area (Å²) in [6, 6.07) is 7.02. The third-order valence-corrected chi connectivity index (χ3v) is 3.61. The zero-order chi connectivity index (χ0) is 14.7. The van der Waals surface area contributed by atoms with Crippen molar-refractivity contribution in [3.05, 3.63) is 29.8 Å². The molecule has 0 aromatic heterocycles. The topological polar surface area (TPSA) is 78.4 Å². The first-order chi connectivity index (χ1) is 8.59. The van der Waals surface area contributed by atoms with Crippen molar-refractivity contribution >= 4 is 10.0 Å². The number of rotatable bonds is 6. The smallest absolute Gasteiger partial charge is 0.209 e. The van der Waals surface area contributed by atoms with Crippen molar-refractivity contribution < 1.29 is 13.5 Å². The highest BCUT2D eigenvalue weighted by Gasteiger charge is 2.22. The Bertz CT molecular complexity index is 526. The van der Waals surface area contributed by atoms with Crippen molar-refractivity contribution in [3.8, 4) is 5.75 Å². The molecular weight excluding hydrogens is 264 g/mol. The number of hydrogen-bond acceptors (Lipinski definition) is 4. The van der Waals surface area contributed by atoms with Crippen LogP contribution < -0.4 is 10.0 Å². The summed E-state index contributed by atoms with van der Waals surface area (Å²) in [7, 11) is -3.23. The average molecular weight is 286 g/mol. The predicted molar refractivity (Wildman–Crippen MR) is 76.6 cm³/mol. The van der Waals surface area contributed by atoms with Gasteiger partial charge >= 0.3 is 0 Å². The minimum Gasteiger partial charge on any atom is -0.508 e. The number of phenolic OH excluding ortho intramolecular Hbond substituents is 1. The van der Waals surface area contributed by atoms with Gasteiger partial charge in [-0.1, -0.05) is 12.1 Å². The molecule has 0 bridgehead atoms. The lowest BCUT2D eigenvalue weighted by molar-refractivity contribution is 0.398. The van der Waals surface area contributed by atoms with E-state index in [9.17, 15) is 13.5 Å². The van der Waals surface area contributed by atoms with Crippen LogP contribution in [-0.4, -0.2) is 31.9 Å². The Balaban J connectivity index is 2.61. The van der Waals surface area contributed by atoms with E-state index in [1.165, 1.54) is 0 Å². The summed E-state index contributed by atoms with van der Waals surface area (Å²) in [5, 5.41) is 12.7. The summed E-state index contributed by atoms with van der Waals surface area (Å²) in [5.41, 5.74) is 0.383. The van der Waals surface area contributed by atoms with Crippen molar-refractivity contribution in [1.29, 1.82) is 0 Å². The molecular formula is C13H22N2O3S. The van der Waals surface area contributed by atoms with Crippen LogP contribution in [0.15, 0.2) is 24.3 Å². The van der Waals surface area contributed by atoms with Crippen molar-refractivity contribution in [2.24, 2.45) is 0 Å². The van der Waals surface area contributed by atoms with Crippen LogP contribution in [0.5, 0.6) is 5.75 Å². The second-order valence-corrected chi connectivity index (χ2v) is 7.20. The van der Waals surface area contributed by atoms with E-state index in [0.29, 0.717) is 6.54 Å². The number of sulfonamides is 1. The summed E-state index contributed by atoms with van der Waals surface area (Å²) in [6.45, 7) is 6.08. The number of aromatic hydroxyl groups is 1. The van der Waals surface area contributed by atoms with Gasteiger partial charge in [0.25, 0.3) is 0 Å². The fraction of sp³-hybridized carbons (Fsp3) is 0.538. The molecule has 0 aliphatic rings. The molecule has 0 aliphatic carbocycles. The molecule has 0 fully saturated rings. The first-order valence-electron chi connectivity index (χ1n) is 6.10. The molecule has 0 saturated heterocycles. The molecule has 1 atom stereocenters. The number of hydrogen-bond donors (Lipinski definition) is 3. The molecule has 0 heterocycles. The average Bonchev–Trinajstić information content (AvgIpc) is 2.22. The highest BCUT2D eigenvalue weighted by molar-refractivity contribution is 7.88. The van der Waals surface area contributed by atoms with Crippen LogP contribution in [-0.2, 0) is 10.0 Å². The minimum absolute atomic E-state index is 0.0211. The zero-order valence-electron chi connectivity index (χ0n) is 11.8. The number of phenols is 1. The van der Waals surface area contributed by atoms with E-state index in [2.05, 4.69) is 10.0 Å². The third kappa shape index (κ3) is 6.04. The van der Waals surface area contributed by atoms with E-state index in [4.69, 9.17) is 0 Å². The summed E-state index contributed by atoms with van der Waals surface area (Å²) in [5.74, 6) is 0.222. The van der Waals surface area contributed by atoms with Gasteiger partial charge in [0.15, 0.2) is 0 Å². The molecule has 0 saturated carbocycles. The van der Waals surface area contributed by atoms with E-state index in [1.54, 1.807) is 18.2 Å². The van der Waals surface area contributed by atoms with Crippen molar-refractivity contribution in [2.75, 3.05) is 12.8 Å². The molecule has 0 amide bonds. The molecule has 0 aliphatic heterocycles. The molecule has 1 rings (SSSR count). The van der Waals surface area contributed by atoms with Crippen LogP contribution in [0, 0.1) is 0 Å². The van der Waals surface area contributed by atoms with Crippen LogP contribution in [0.1, 0.15) is 32.4 Å². The fourth-order valence-electron chi connectivity index (χ4n) is 1.86. The molecule has 3 N–H and O–H groups in total. The van der Waals surface area contributed by atoms with Crippen LogP contribution in [0.3, 0.4) is 0 Å². The summed E-state index contributed by atoms with van der Waals surface area (Å²) < 4.78 is 25.0. The second-order valence-electron chi connectivity index (χ2n) is 5.46. The highest BCUT2D eigenvalue weighted by atomic mass is 32.2. The SMILES string of the molecule is CC(NCC(C)(C)NS(C)(=O)=O)c1cccc(O)c1. The van der Waals surface area contributed by atoms with Gasteiger partial charge in [-0.3, -0.25) is 0 Å². The summed E-state index contributed by atoms with van der Waals surface area (Å²) in [6.07, 6.45) is 1.15. The first kappa shape index (κ1) is 15.9. The van der Waals surface area contributed by atoms with Crippen LogP contribution in [0.2, 0.25) is 0 Å². The van der Waals surface area contributed by atoms with Gasteiger partial charge in [-0.05, 0) is 38.5 Å². The fourth-order valence-corrected chi connectivity index (χ4v) is 2.93. The van der Waals surface area contributed by atoms with Crippen LogP contribution in [0.25, 0.3) is 0 Å². The maximum atomic E-state index is 11.2. The van der Waals surface area contributed by atoms with E-state index in [-0.39, 0.29) is 11.8 Å². The van der Waals surface area contributed by atoms with E-state index in [0.717, 1.165) is 11.8 Å². The lowest BCUT2D eigenvalue weighted by Gasteiger charge is -2.27. The molecule has 19 heavy (non-hydrogen) atoms. The Morgan fingerprint density at radius 2 is 2.00 bits per heavy atom. The Labute approximate surface area is 115 Å². The van der Waals surface area contributed by atoms with Gasteiger partial charge in [0.05, 0.1) is 6.26 Å². The van der Waals surface area contributed by atoms with E-state index >= 15 is 0 Å². The summed E-state index contributed by atoms with van der Waals surface area (Å²) in [4.78, 5) is 0. The van der Waals surface area contributed by atoms with Gasteiger partial charge in [0.1, 0.15) is 5.75 Å². The minimum atomic E-state index is -3.23. The van der Waals surface area contributed by atoms with Gasteiger partial charge in [-0.2, -0.15) is 0 Å². The molecule has 108 valence electrons. The largest absolute Gasteiger partial charge is 0.508 e. The maximum absolute atomic E-state index is 11.2. The molecule has 5 nitrogen and oxygen atoms in total.